The van der Waals surface area contributed by atoms with E-state index in [2.05, 4.69) is 10.3 Å². The van der Waals surface area contributed by atoms with Crippen molar-refractivity contribution in [3.63, 3.8) is 0 Å². The largest absolute Gasteiger partial charge is 0.481 e. The van der Waals surface area contributed by atoms with Crippen LogP contribution in [0.4, 0.5) is 5.13 Å². The number of carbonyl (C=O) groups is 1. The van der Waals surface area contributed by atoms with E-state index in [4.69, 9.17) is 16.7 Å². The molecule has 0 bridgehead atoms. The second kappa shape index (κ2) is 7.26. The standard InChI is InChI=1S/C14H15ClN2O2S/c15-11-3-1-10(2-4-11)7-8-16-14-17-12(9-20-14)5-6-13(18)19/h1-4,9H,5-8H2,(H,16,17)(H,18,19). The van der Waals surface area contributed by atoms with Crippen LogP contribution in [0.1, 0.15) is 17.7 Å². The summed E-state index contributed by atoms with van der Waals surface area (Å²) in [7, 11) is 0. The lowest BCUT2D eigenvalue weighted by molar-refractivity contribution is -0.136. The van der Waals surface area contributed by atoms with Gasteiger partial charge in [-0.15, -0.1) is 11.3 Å². The lowest BCUT2D eigenvalue weighted by atomic mass is 10.1. The molecule has 0 amide bonds. The van der Waals surface area contributed by atoms with Crippen LogP contribution < -0.4 is 5.32 Å². The lowest BCUT2D eigenvalue weighted by Gasteiger charge is -2.03. The Kier molecular flexibility index (Phi) is 5.38. The van der Waals surface area contributed by atoms with E-state index in [1.165, 1.54) is 16.9 Å². The Labute approximate surface area is 126 Å². The summed E-state index contributed by atoms with van der Waals surface area (Å²) in [6.07, 6.45) is 1.49. The van der Waals surface area contributed by atoms with Crippen molar-refractivity contribution >= 4 is 34.0 Å². The van der Waals surface area contributed by atoms with Crippen LogP contribution in [0, 0.1) is 0 Å². The smallest absolute Gasteiger partial charge is 0.303 e. The summed E-state index contributed by atoms with van der Waals surface area (Å²) >= 11 is 7.33. The molecule has 106 valence electrons. The molecule has 0 aliphatic carbocycles. The van der Waals surface area contributed by atoms with E-state index >= 15 is 0 Å². The van der Waals surface area contributed by atoms with Crippen molar-refractivity contribution in [1.29, 1.82) is 0 Å². The molecule has 2 rings (SSSR count). The Bertz CT molecular complexity index is 569. The number of carboxylic acids is 1. The summed E-state index contributed by atoms with van der Waals surface area (Å²) in [6, 6.07) is 7.77. The van der Waals surface area contributed by atoms with Gasteiger partial charge in [-0.1, -0.05) is 23.7 Å². The molecule has 1 aromatic carbocycles. The number of nitrogens with zero attached hydrogens (tertiary/aromatic N) is 1. The SMILES string of the molecule is O=C(O)CCc1csc(NCCc2ccc(Cl)cc2)n1. The van der Waals surface area contributed by atoms with Gasteiger partial charge in [0.1, 0.15) is 0 Å². The number of hydrogen-bond acceptors (Lipinski definition) is 4. The topological polar surface area (TPSA) is 62.2 Å². The third-order valence-corrected chi connectivity index (χ3v) is 3.85. The summed E-state index contributed by atoms with van der Waals surface area (Å²) in [5.41, 5.74) is 2.04. The number of benzene rings is 1. The van der Waals surface area contributed by atoms with Gasteiger partial charge in [-0.2, -0.15) is 0 Å². The molecule has 4 nitrogen and oxygen atoms in total. The summed E-state index contributed by atoms with van der Waals surface area (Å²) < 4.78 is 0. The van der Waals surface area contributed by atoms with Gasteiger partial charge in [-0.3, -0.25) is 4.79 Å². The zero-order valence-corrected chi connectivity index (χ0v) is 12.4. The van der Waals surface area contributed by atoms with Crippen LogP contribution in [0.25, 0.3) is 0 Å². The Morgan fingerprint density at radius 3 is 2.75 bits per heavy atom. The van der Waals surface area contributed by atoms with Crippen molar-refractivity contribution in [2.24, 2.45) is 0 Å². The zero-order chi connectivity index (χ0) is 14.4. The minimum Gasteiger partial charge on any atom is -0.481 e. The first-order valence-electron chi connectivity index (χ1n) is 6.28. The number of hydrogen-bond donors (Lipinski definition) is 2. The van der Waals surface area contributed by atoms with Gasteiger partial charge in [0, 0.05) is 23.4 Å². The Balaban J connectivity index is 1.76. The average molecular weight is 311 g/mol. The first-order chi connectivity index (χ1) is 9.63. The van der Waals surface area contributed by atoms with Gasteiger partial charge in [-0.05, 0) is 24.1 Å². The molecule has 0 radical (unpaired) electrons. The number of thiazole rings is 1. The van der Waals surface area contributed by atoms with E-state index in [1.54, 1.807) is 0 Å². The Morgan fingerprint density at radius 2 is 2.05 bits per heavy atom. The molecule has 0 fully saturated rings. The number of aryl methyl sites for hydroxylation is 1. The fraction of sp³-hybridized carbons (Fsp3) is 0.286. The summed E-state index contributed by atoms with van der Waals surface area (Å²) in [5.74, 6) is -0.796. The fourth-order valence-electron chi connectivity index (χ4n) is 1.70. The molecule has 6 heteroatoms. The third kappa shape index (κ3) is 4.83. The molecule has 0 atom stereocenters. The van der Waals surface area contributed by atoms with Crippen molar-refractivity contribution < 1.29 is 9.90 Å². The van der Waals surface area contributed by atoms with Crippen LogP contribution in [0.5, 0.6) is 0 Å². The van der Waals surface area contributed by atoms with E-state index in [-0.39, 0.29) is 6.42 Å². The highest BCUT2D eigenvalue weighted by atomic mass is 35.5. The Morgan fingerprint density at radius 1 is 1.30 bits per heavy atom. The molecule has 0 saturated heterocycles. The van der Waals surface area contributed by atoms with Gasteiger partial charge in [-0.25, -0.2) is 4.98 Å². The number of halogens is 1. The molecule has 20 heavy (non-hydrogen) atoms. The van der Waals surface area contributed by atoms with Crippen molar-refractivity contribution in [3.05, 3.63) is 45.9 Å². The summed E-state index contributed by atoms with van der Waals surface area (Å²) in [5, 5.41) is 15.3. The van der Waals surface area contributed by atoms with E-state index in [0.29, 0.717) is 6.42 Å². The van der Waals surface area contributed by atoms with Crippen LogP contribution in [0.15, 0.2) is 29.6 Å². The summed E-state index contributed by atoms with van der Waals surface area (Å²) in [6.45, 7) is 0.785. The van der Waals surface area contributed by atoms with Crippen LogP contribution in [0.2, 0.25) is 5.02 Å². The van der Waals surface area contributed by atoms with Crippen LogP contribution in [0.3, 0.4) is 0 Å². The molecule has 0 unspecified atom stereocenters. The van der Waals surface area contributed by atoms with E-state index in [9.17, 15) is 4.79 Å². The highest BCUT2D eigenvalue weighted by Crippen LogP contribution is 2.17. The van der Waals surface area contributed by atoms with E-state index < -0.39 is 5.97 Å². The maximum atomic E-state index is 10.5. The van der Waals surface area contributed by atoms with E-state index in [1.807, 2.05) is 29.6 Å². The van der Waals surface area contributed by atoms with E-state index in [0.717, 1.165) is 28.8 Å². The van der Waals surface area contributed by atoms with Crippen molar-refractivity contribution in [1.82, 2.24) is 4.98 Å². The van der Waals surface area contributed by atoms with Gasteiger partial charge < -0.3 is 10.4 Å². The highest BCUT2D eigenvalue weighted by Gasteiger charge is 2.04. The lowest BCUT2D eigenvalue weighted by Crippen LogP contribution is -2.04. The highest BCUT2D eigenvalue weighted by molar-refractivity contribution is 7.13. The Hall–Kier alpha value is -1.59. The second-order valence-corrected chi connectivity index (χ2v) is 5.64. The van der Waals surface area contributed by atoms with Crippen LogP contribution in [-0.2, 0) is 17.6 Å². The van der Waals surface area contributed by atoms with Gasteiger partial charge in [0.15, 0.2) is 5.13 Å². The average Bonchev–Trinajstić information content (AvgIpc) is 2.87. The summed E-state index contributed by atoms with van der Waals surface area (Å²) in [4.78, 5) is 14.8. The quantitative estimate of drug-likeness (QED) is 0.822. The van der Waals surface area contributed by atoms with Gasteiger partial charge in [0.05, 0.1) is 12.1 Å². The fourth-order valence-corrected chi connectivity index (χ4v) is 2.60. The van der Waals surface area contributed by atoms with Crippen molar-refractivity contribution in [2.75, 3.05) is 11.9 Å². The first-order valence-corrected chi connectivity index (χ1v) is 7.54. The van der Waals surface area contributed by atoms with Crippen molar-refractivity contribution in [3.8, 4) is 0 Å². The number of aromatic nitrogens is 1. The zero-order valence-electron chi connectivity index (χ0n) is 10.8. The number of carboxylic acid groups (broad SMARTS) is 1. The van der Waals surface area contributed by atoms with Gasteiger partial charge in [0.2, 0.25) is 0 Å². The predicted molar refractivity (Wildman–Crippen MR) is 81.7 cm³/mol. The predicted octanol–water partition coefficient (Wildman–Crippen LogP) is 3.47. The third-order valence-electron chi connectivity index (χ3n) is 2.75. The monoisotopic (exact) mass is 310 g/mol. The molecule has 1 heterocycles. The molecular weight excluding hydrogens is 296 g/mol. The second-order valence-electron chi connectivity index (χ2n) is 4.34. The maximum Gasteiger partial charge on any atom is 0.303 e. The van der Waals surface area contributed by atoms with Gasteiger partial charge >= 0.3 is 5.97 Å². The number of aliphatic carboxylic acids is 1. The number of anilines is 1. The first kappa shape index (κ1) is 14.8. The molecule has 0 spiro atoms. The van der Waals surface area contributed by atoms with Gasteiger partial charge in [0.25, 0.3) is 0 Å². The molecule has 0 aliphatic rings. The minimum absolute atomic E-state index is 0.119. The number of rotatable bonds is 7. The molecule has 2 N–H and O–H groups in total. The molecule has 1 aromatic heterocycles. The normalized spacial score (nSPS) is 10.4. The van der Waals surface area contributed by atoms with Crippen molar-refractivity contribution in [2.45, 2.75) is 19.3 Å². The van der Waals surface area contributed by atoms with Crippen LogP contribution >= 0.6 is 22.9 Å². The molecule has 0 aliphatic heterocycles. The molecule has 2 aromatic rings. The maximum absolute atomic E-state index is 10.5. The molecule has 0 saturated carbocycles. The van der Waals surface area contributed by atoms with Crippen LogP contribution in [-0.4, -0.2) is 22.6 Å². The minimum atomic E-state index is -0.796. The molecular formula is C14H15ClN2O2S. The number of nitrogens with one attached hydrogen (secondary N) is 1.